The highest BCUT2D eigenvalue weighted by Gasteiger charge is 2.34. The van der Waals surface area contributed by atoms with E-state index < -0.39 is 17.2 Å². The number of amides is 1. The highest BCUT2D eigenvalue weighted by Crippen LogP contribution is 2.48. The molecule has 8 nitrogen and oxygen atoms in total. The molecule has 1 N–H and O–H groups in total. The van der Waals surface area contributed by atoms with Crippen LogP contribution < -0.4 is 20.4 Å². The van der Waals surface area contributed by atoms with E-state index in [1.165, 1.54) is 18.9 Å². The largest absolute Gasteiger partial charge is 0.451 e. The summed E-state index contributed by atoms with van der Waals surface area (Å²) in [4.78, 5) is 34.4. The molecule has 5 heterocycles. The number of anilines is 1. The van der Waals surface area contributed by atoms with Crippen molar-refractivity contribution in [1.82, 2.24) is 19.7 Å². The van der Waals surface area contributed by atoms with E-state index >= 15 is 4.39 Å². The molecule has 4 aliphatic heterocycles. The summed E-state index contributed by atoms with van der Waals surface area (Å²) in [6, 6.07) is 14.2. The molecule has 1 atom stereocenters. The molecule has 1 amide bonds. The maximum absolute atomic E-state index is 16.3. The van der Waals surface area contributed by atoms with Gasteiger partial charge in [0, 0.05) is 37.9 Å². The minimum absolute atomic E-state index is 0.00723. The van der Waals surface area contributed by atoms with Crippen molar-refractivity contribution in [3.05, 3.63) is 70.3 Å². The summed E-state index contributed by atoms with van der Waals surface area (Å²) in [5, 5.41) is 5.14. The summed E-state index contributed by atoms with van der Waals surface area (Å²) in [6.07, 6.45) is 9.14. The number of likely N-dealkylation sites (tertiary alicyclic amines) is 2. The number of hydrogen-bond donors (Lipinski definition) is 1. The molecular formula is C36H40FN5O3. The number of halogens is 1. The van der Waals surface area contributed by atoms with Crippen LogP contribution in [0.25, 0.3) is 27.4 Å². The number of ether oxygens (including phenoxy) is 1. The van der Waals surface area contributed by atoms with Crippen LogP contribution in [0.5, 0.6) is 11.5 Å². The van der Waals surface area contributed by atoms with E-state index in [1.807, 2.05) is 41.0 Å². The first-order valence-electron chi connectivity index (χ1n) is 16.6. The number of piperidine rings is 1. The molecule has 1 unspecified atom stereocenters. The lowest BCUT2D eigenvalue weighted by Gasteiger charge is -2.39. The smallest absolute Gasteiger partial charge is 0.256 e. The molecular weight excluding hydrogens is 569 g/mol. The zero-order valence-electron chi connectivity index (χ0n) is 25.9. The van der Waals surface area contributed by atoms with E-state index in [1.54, 1.807) is 6.20 Å². The first kappa shape index (κ1) is 28.5. The van der Waals surface area contributed by atoms with Gasteiger partial charge in [0.05, 0.1) is 11.1 Å². The minimum Gasteiger partial charge on any atom is -0.451 e. The van der Waals surface area contributed by atoms with Crippen LogP contribution in [0.2, 0.25) is 0 Å². The van der Waals surface area contributed by atoms with Gasteiger partial charge in [0.1, 0.15) is 16.8 Å². The Morgan fingerprint density at radius 2 is 1.73 bits per heavy atom. The van der Waals surface area contributed by atoms with Crippen LogP contribution in [0, 0.1) is 5.82 Å². The summed E-state index contributed by atoms with van der Waals surface area (Å²) in [5.74, 6) is -0.0108. The van der Waals surface area contributed by atoms with Gasteiger partial charge in [-0.05, 0) is 101 Å². The molecule has 8 rings (SSSR count). The third kappa shape index (κ3) is 4.97. The Kier molecular flexibility index (Phi) is 7.25. The maximum atomic E-state index is 16.3. The number of fused-ring (bicyclic) bond motifs is 3. The molecule has 9 heteroatoms. The molecule has 0 aliphatic carbocycles. The van der Waals surface area contributed by atoms with E-state index in [4.69, 9.17) is 4.74 Å². The third-order valence-electron chi connectivity index (χ3n) is 10.6. The van der Waals surface area contributed by atoms with Crippen LogP contribution in [-0.4, -0.2) is 78.7 Å². The molecule has 4 aromatic rings. The van der Waals surface area contributed by atoms with Gasteiger partial charge in [0.25, 0.3) is 5.91 Å². The van der Waals surface area contributed by atoms with Gasteiger partial charge in [0.15, 0.2) is 17.3 Å². The van der Waals surface area contributed by atoms with Crippen molar-refractivity contribution in [3.8, 4) is 17.2 Å². The average molecular weight is 610 g/mol. The van der Waals surface area contributed by atoms with E-state index in [2.05, 4.69) is 27.1 Å². The van der Waals surface area contributed by atoms with Gasteiger partial charge in [-0.1, -0.05) is 24.3 Å². The van der Waals surface area contributed by atoms with E-state index in [0.29, 0.717) is 54.4 Å². The summed E-state index contributed by atoms with van der Waals surface area (Å²) in [5.41, 5.74) is 1.15. The topological polar surface area (TPSA) is 70.1 Å². The summed E-state index contributed by atoms with van der Waals surface area (Å²) in [7, 11) is 2.11. The fourth-order valence-electron chi connectivity index (χ4n) is 8.10. The Morgan fingerprint density at radius 3 is 2.47 bits per heavy atom. The molecule has 234 valence electrons. The monoisotopic (exact) mass is 609 g/mol. The first-order valence-corrected chi connectivity index (χ1v) is 16.6. The second-order valence-electron chi connectivity index (χ2n) is 13.2. The van der Waals surface area contributed by atoms with Crippen LogP contribution in [-0.2, 0) is 0 Å². The van der Waals surface area contributed by atoms with Crippen molar-refractivity contribution in [3.63, 3.8) is 0 Å². The van der Waals surface area contributed by atoms with E-state index in [0.717, 1.165) is 68.2 Å². The lowest BCUT2D eigenvalue weighted by Crippen LogP contribution is -2.44. The normalized spacial score (nSPS) is 20.6. The summed E-state index contributed by atoms with van der Waals surface area (Å²) in [6.45, 7) is 5.26. The highest BCUT2D eigenvalue weighted by molar-refractivity contribution is 6.02. The first-order chi connectivity index (χ1) is 22.0. The Hall–Kier alpha value is -3.95. The van der Waals surface area contributed by atoms with Crippen molar-refractivity contribution in [1.29, 1.82) is 0 Å². The van der Waals surface area contributed by atoms with Crippen LogP contribution in [0.15, 0.2) is 53.5 Å². The lowest BCUT2D eigenvalue weighted by atomic mass is 10.0. The molecule has 4 aliphatic rings. The second kappa shape index (κ2) is 11.4. The fraction of sp³-hybridized carbons (Fsp3) is 0.444. The van der Waals surface area contributed by atoms with E-state index in [9.17, 15) is 9.59 Å². The SMILES string of the molecule is CN1CCCC1CCNC(=O)c1cn2c3c(c(N4CCC(N5CCCC5)CC4)c(F)cc3c1=O)Oc1cc3ccccc3cc1-2. The van der Waals surface area contributed by atoms with Gasteiger partial charge in [0.2, 0.25) is 5.43 Å². The van der Waals surface area contributed by atoms with E-state index in [-0.39, 0.29) is 10.9 Å². The number of hydrogen-bond acceptors (Lipinski definition) is 6. The van der Waals surface area contributed by atoms with Gasteiger partial charge in [-0.3, -0.25) is 9.59 Å². The zero-order chi connectivity index (χ0) is 30.7. The average Bonchev–Trinajstić information content (AvgIpc) is 3.74. The number of benzene rings is 3. The summed E-state index contributed by atoms with van der Waals surface area (Å²) >= 11 is 0. The Balaban J connectivity index is 1.21. The molecule has 0 saturated carbocycles. The van der Waals surface area contributed by atoms with Gasteiger partial charge in [-0.2, -0.15) is 0 Å². The van der Waals surface area contributed by atoms with Gasteiger partial charge >= 0.3 is 0 Å². The molecule has 1 aromatic heterocycles. The van der Waals surface area contributed by atoms with Crippen molar-refractivity contribution < 1.29 is 13.9 Å². The third-order valence-corrected chi connectivity index (χ3v) is 10.6. The minimum atomic E-state index is -0.494. The van der Waals surface area contributed by atoms with Gasteiger partial charge in [-0.25, -0.2) is 4.39 Å². The maximum Gasteiger partial charge on any atom is 0.256 e. The highest BCUT2D eigenvalue weighted by atomic mass is 19.1. The van der Waals surface area contributed by atoms with Crippen LogP contribution in [0.3, 0.4) is 0 Å². The Bertz CT molecular complexity index is 1860. The van der Waals surface area contributed by atoms with Crippen molar-refractivity contribution in [2.75, 3.05) is 51.2 Å². The van der Waals surface area contributed by atoms with Crippen LogP contribution in [0.4, 0.5) is 10.1 Å². The van der Waals surface area contributed by atoms with Crippen molar-refractivity contribution in [2.45, 2.75) is 57.0 Å². The lowest BCUT2D eigenvalue weighted by molar-refractivity contribution is 0.0949. The predicted molar refractivity (Wildman–Crippen MR) is 176 cm³/mol. The standard InChI is InChI=1S/C36H40FN5O3/c1-39-14-6-9-25(39)10-13-38-36(44)28-22-42-30-19-23-7-2-3-8-24(23)20-31(30)45-35-32(42)27(34(28)43)21-29(37)33(35)41-17-11-26(12-18-41)40-15-4-5-16-40/h2-3,7-8,19-22,25-26H,4-6,9-18H2,1H3,(H,38,44). The Morgan fingerprint density at radius 1 is 0.978 bits per heavy atom. The Labute approximate surface area is 262 Å². The van der Waals surface area contributed by atoms with Gasteiger partial charge < -0.3 is 29.3 Å². The molecule has 45 heavy (non-hydrogen) atoms. The molecule has 3 fully saturated rings. The quantitative estimate of drug-likeness (QED) is 0.268. The number of pyridine rings is 1. The molecule has 3 saturated heterocycles. The molecule has 0 radical (unpaired) electrons. The molecule has 0 spiro atoms. The predicted octanol–water partition coefficient (Wildman–Crippen LogP) is 5.67. The van der Waals surface area contributed by atoms with Crippen LogP contribution in [0.1, 0.15) is 55.3 Å². The number of carbonyl (C=O) groups excluding carboxylic acids is 1. The molecule has 3 aromatic carbocycles. The molecule has 0 bridgehead atoms. The van der Waals surface area contributed by atoms with Crippen molar-refractivity contribution in [2.24, 2.45) is 0 Å². The fourth-order valence-corrected chi connectivity index (χ4v) is 8.10. The second-order valence-corrected chi connectivity index (χ2v) is 13.2. The zero-order valence-corrected chi connectivity index (χ0v) is 25.9. The van der Waals surface area contributed by atoms with Crippen molar-refractivity contribution >= 4 is 33.3 Å². The van der Waals surface area contributed by atoms with Gasteiger partial charge in [-0.15, -0.1) is 0 Å². The number of nitrogens with one attached hydrogen (secondary N) is 1. The summed E-state index contributed by atoms with van der Waals surface area (Å²) < 4.78 is 24.7. The number of carbonyl (C=O) groups is 1. The number of nitrogens with zero attached hydrogens (tertiary/aromatic N) is 4. The van der Waals surface area contributed by atoms with Crippen LogP contribution >= 0.6 is 0 Å². The number of rotatable bonds is 6. The number of aromatic nitrogens is 1.